The number of aromatic amines is 1. The molecule has 1 fully saturated rings. The average Bonchev–Trinajstić information content (AvgIpc) is 3.44. The molecule has 3 heterocycles. The number of aryl methyl sites for hydroxylation is 3. The van der Waals surface area contributed by atoms with Gasteiger partial charge in [-0.05, 0) is 62.2 Å². The minimum atomic E-state index is -4.59. The lowest BCUT2D eigenvalue weighted by Gasteiger charge is -2.34. The fourth-order valence-electron chi connectivity index (χ4n) is 4.89. The highest BCUT2D eigenvalue weighted by atomic mass is 19.4. The Labute approximate surface area is 246 Å². The first-order valence-corrected chi connectivity index (χ1v) is 14.0. The van der Waals surface area contributed by atoms with Crippen molar-refractivity contribution in [2.75, 3.05) is 48.3 Å². The van der Waals surface area contributed by atoms with Gasteiger partial charge in [0, 0.05) is 49.6 Å². The lowest BCUT2D eigenvalue weighted by atomic mass is 10.1. The summed E-state index contributed by atoms with van der Waals surface area (Å²) in [4.78, 5) is 26.3. The van der Waals surface area contributed by atoms with Gasteiger partial charge in [-0.25, -0.2) is 14.4 Å². The maximum absolute atomic E-state index is 14.5. The van der Waals surface area contributed by atoms with Crippen LogP contribution in [-0.4, -0.2) is 63.7 Å². The van der Waals surface area contributed by atoms with Crippen LogP contribution in [0.5, 0.6) is 0 Å². The van der Waals surface area contributed by atoms with Crippen LogP contribution in [0.15, 0.2) is 54.6 Å². The second-order valence-electron chi connectivity index (χ2n) is 10.3. The number of nitrogens with one attached hydrogen (secondary N) is 3. The van der Waals surface area contributed by atoms with E-state index in [-0.39, 0.29) is 11.3 Å². The van der Waals surface area contributed by atoms with Crippen molar-refractivity contribution in [3.05, 3.63) is 88.6 Å². The number of carbonyl (C=O) groups is 1. The first-order chi connectivity index (χ1) is 20.6. The first kappa shape index (κ1) is 30.0. The Bertz CT molecular complexity index is 1580. The van der Waals surface area contributed by atoms with Crippen molar-refractivity contribution in [3.63, 3.8) is 0 Å². The smallest absolute Gasteiger partial charge is 0.354 e. The molecule has 0 unspecified atom stereocenters. The normalized spacial score (nSPS) is 14.1. The van der Waals surface area contributed by atoms with E-state index in [0.29, 0.717) is 30.3 Å². The van der Waals surface area contributed by atoms with E-state index in [0.717, 1.165) is 68.0 Å². The van der Waals surface area contributed by atoms with Crippen LogP contribution < -0.4 is 15.5 Å². The van der Waals surface area contributed by atoms with Crippen molar-refractivity contribution in [2.24, 2.45) is 0 Å². The van der Waals surface area contributed by atoms with E-state index in [9.17, 15) is 22.4 Å². The maximum atomic E-state index is 14.5. The average molecular weight is 597 g/mol. The molecule has 1 amide bonds. The van der Waals surface area contributed by atoms with E-state index < -0.39 is 23.5 Å². The number of nitrogens with zero attached hydrogens (tertiary/aromatic N) is 5. The number of piperazine rings is 1. The van der Waals surface area contributed by atoms with Crippen LogP contribution >= 0.6 is 0 Å². The minimum absolute atomic E-state index is 0.113. The Morgan fingerprint density at radius 3 is 2.51 bits per heavy atom. The number of anilines is 4. The van der Waals surface area contributed by atoms with Gasteiger partial charge in [-0.1, -0.05) is 19.1 Å². The minimum Gasteiger partial charge on any atom is -0.354 e. The van der Waals surface area contributed by atoms with Crippen LogP contribution in [-0.2, 0) is 19.0 Å². The molecule has 2 aromatic heterocycles. The highest BCUT2D eigenvalue weighted by Gasteiger charge is 2.31. The molecule has 1 aliphatic heterocycles. The molecule has 1 aliphatic rings. The third-order valence-electron chi connectivity index (χ3n) is 7.27. The van der Waals surface area contributed by atoms with Crippen LogP contribution in [0.2, 0.25) is 0 Å². The summed E-state index contributed by atoms with van der Waals surface area (Å²) in [5.41, 5.74) is 0.260. The molecule has 3 N–H and O–H groups in total. The van der Waals surface area contributed by atoms with Crippen LogP contribution in [0, 0.1) is 12.7 Å². The third-order valence-corrected chi connectivity index (χ3v) is 7.27. The van der Waals surface area contributed by atoms with Gasteiger partial charge in [-0.3, -0.25) is 9.89 Å². The zero-order valence-corrected chi connectivity index (χ0v) is 23.8. The quantitative estimate of drug-likeness (QED) is 0.217. The van der Waals surface area contributed by atoms with Crippen molar-refractivity contribution in [1.82, 2.24) is 25.1 Å². The number of amides is 1. The van der Waals surface area contributed by atoms with Gasteiger partial charge < -0.3 is 20.4 Å². The van der Waals surface area contributed by atoms with Crippen LogP contribution in [0.4, 0.5) is 40.7 Å². The Morgan fingerprint density at radius 1 is 0.977 bits per heavy atom. The lowest BCUT2D eigenvalue weighted by molar-refractivity contribution is -0.137. The van der Waals surface area contributed by atoms with Crippen LogP contribution in [0.1, 0.15) is 39.9 Å². The van der Waals surface area contributed by atoms with E-state index in [1.54, 1.807) is 6.07 Å². The predicted molar refractivity (Wildman–Crippen MR) is 156 cm³/mol. The Morgan fingerprint density at radius 2 is 1.77 bits per heavy atom. The van der Waals surface area contributed by atoms with Gasteiger partial charge in [0.05, 0.1) is 11.3 Å². The number of carbonyl (C=O) groups excluding carboxylic acids is 1. The van der Waals surface area contributed by atoms with Gasteiger partial charge in [0.25, 0.3) is 5.91 Å². The van der Waals surface area contributed by atoms with Gasteiger partial charge in [0.1, 0.15) is 23.3 Å². The molecule has 0 bridgehead atoms. The monoisotopic (exact) mass is 596 g/mol. The van der Waals surface area contributed by atoms with Crippen molar-refractivity contribution in [1.29, 1.82) is 0 Å². The number of aromatic nitrogens is 4. The standard InChI is InChI=1S/C30H32F4N8O/c1-3-41-11-13-42(14-12-41)28-18-26(35-19(2)36-28)38-27-17-23(39-40-27)9-7-20-8-10-24(31)25(15-20)37-29(43)21-5-4-6-22(16-21)30(32,33)34/h4-6,8,10,15-18H,3,7,9,11-14H2,1-2H3,(H,37,43)(H2,35,36,38,39,40). The van der Waals surface area contributed by atoms with Gasteiger partial charge in [-0.15, -0.1) is 0 Å². The van der Waals surface area contributed by atoms with E-state index in [4.69, 9.17) is 0 Å². The van der Waals surface area contributed by atoms with Crippen LogP contribution in [0.3, 0.4) is 0 Å². The topological polar surface area (TPSA) is 102 Å². The second kappa shape index (κ2) is 12.8. The fraction of sp³-hybridized carbons (Fsp3) is 0.333. The number of hydrogen-bond acceptors (Lipinski definition) is 7. The van der Waals surface area contributed by atoms with Crippen LogP contribution in [0.25, 0.3) is 0 Å². The zero-order chi connectivity index (χ0) is 30.6. The molecule has 5 rings (SSSR count). The highest BCUT2D eigenvalue weighted by molar-refractivity contribution is 6.04. The second-order valence-corrected chi connectivity index (χ2v) is 10.3. The number of rotatable bonds is 9. The zero-order valence-electron chi connectivity index (χ0n) is 23.8. The molecule has 0 saturated carbocycles. The van der Waals surface area contributed by atoms with Crippen molar-refractivity contribution < 1.29 is 22.4 Å². The number of alkyl halides is 3. The molecule has 2 aromatic carbocycles. The molecular weight excluding hydrogens is 564 g/mol. The molecule has 226 valence electrons. The molecule has 13 heteroatoms. The summed E-state index contributed by atoms with van der Waals surface area (Å²) in [6, 6.07) is 12.0. The molecular formula is C30H32F4N8O. The molecule has 4 aromatic rings. The summed E-state index contributed by atoms with van der Waals surface area (Å²) >= 11 is 0. The number of halogens is 4. The molecule has 0 atom stereocenters. The number of likely N-dealkylation sites (N-methyl/N-ethyl adjacent to an activating group) is 1. The Balaban J connectivity index is 1.20. The molecule has 0 radical (unpaired) electrons. The van der Waals surface area contributed by atoms with Gasteiger partial charge >= 0.3 is 6.18 Å². The van der Waals surface area contributed by atoms with Crippen molar-refractivity contribution >= 4 is 29.0 Å². The maximum Gasteiger partial charge on any atom is 0.416 e. The number of hydrogen-bond donors (Lipinski definition) is 3. The SMILES string of the molecule is CCN1CCN(c2cc(Nc3cc(CCc4ccc(F)c(NC(=O)c5cccc(C(F)(F)F)c5)c4)[nH]n3)nc(C)n2)CC1. The highest BCUT2D eigenvalue weighted by Crippen LogP contribution is 2.30. The summed E-state index contributed by atoms with van der Waals surface area (Å²) in [6.07, 6.45) is -3.56. The Kier molecular flexibility index (Phi) is 8.90. The molecule has 0 spiro atoms. The molecule has 0 aliphatic carbocycles. The Hall–Kier alpha value is -4.52. The van der Waals surface area contributed by atoms with E-state index in [1.807, 2.05) is 19.1 Å². The largest absolute Gasteiger partial charge is 0.416 e. The summed E-state index contributed by atoms with van der Waals surface area (Å²) in [5, 5.41) is 12.9. The summed E-state index contributed by atoms with van der Waals surface area (Å²) in [7, 11) is 0. The molecule has 43 heavy (non-hydrogen) atoms. The summed E-state index contributed by atoms with van der Waals surface area (Å²) < 4.78 is 53.5. The fourth-order valence-corrected chi connectivity index (χ4v) is 4.89. The van der Waals surface area contributed by atoms with E-state index >= 15 is 0 Å². The number of benzene rings is 2. The van der Waals surface area contributed by atoms with Gasteiger partial charge in [0.15, 0.2) is 5.82 Å². The van der Waals surface area contributed by atoms with Gasteiger partial charge in [-0.2, -0.15) is 18.3 Å². The van der Waals surface area contributed by atoms with Crippen molar-refractivity contribution in [3.8, 4) is 0 Å². The van der Waals surface area contributed by atoms with Gasteiger partial charge in [0.2, 0.25) is 0 Å². The van der Waals surface area contributed by atoms with E-state index in [1.165, 1.54) is 18.2 Å². The predicted octanol–water partition coefficient (Wildman–Crippen LogP) is 5.59. The van der Waals surface area contributed by atoms with E-state index in [2.05, 4.69) is 47.5 Å². The number of H-pyrrole nitrogens is 1. The summed E-state index contributed by atoms with van der Waals surface area (Å²) in [5.74, 6) is 1.22. The lowest BCUT2D eigenvalue weighted by Crippen LogP contribution is -2.46. The van der Waals surface area contributed by atoms with Crippen molar-refractivity contribution in [2.45, 2.75) is 32.9 Å². The first-order valence-electron chi connectivity index (χ1n) is 14.0. The molecule has 1 saturated heterocycles. The summed E-state index contributed by atoms with van der Waals surface area (Å²) in [6.45, 7) is 8.83. The third kappa shape index (κ3) is 7.66. The molecule has 9 nitrogen and oxygen atoms in total.